The monoisotopic (exact) mass is 183 g/mol. The Kier molecular flexibility index (Phi) is 3.19. The zero-order valence-electron chi connectivity index (χ0n) is 7.17. The first-order valence-corrected chi connectivity index (χ1v) is 3.79. The molecule has 1 aromatic heterocycles. The van der Waals surface area contributed by atoms with E-state index in [9.17, 15) is 9.18 Å². The summed E-state index contributed by atoms with van der Waals surface area (Å²) in [6.07, 6.45) is 0. The number of hydrogen-bond acceptors (Lipinski definition) is 3. The molecule has 0 saturated carbocycles. The molecule has 1 aromatic rings. The van der Waals surface area contributed by atoms with Crippen molar-refractivity contribution in [3.05, 3.63) is 24.1 Å². The third-order valence-corrected chi connectivity index (χ3v) is 1.42. The van der Waals surface area contributed by atoms with E-state index in [1.165, 1.54) is 19.2 Å². The molecule has 1 amide bonds. The lowest BCUT2D eigenvalue weighted by atomic mass is 10.4. The van der Waals surface area contributed by atoms with Crippen LogP contribution in [0.25, 0.3) is 0 Å². The van der Waals surface area contributed by atoms with Gasteiger partial charge in [0.1, 0.15) is 5.82 Å². The minimum Gasteiger partial charge on any atom is -0.361 e. The fourth-order valence-corrected chi connectivity index (χ4v) is 0.766. The van der Waals surface area contributed by atoms with Gasteiger partial charge in [-0.25, -0.2) is 4.98 Å². The highest BCUT2D eigenvalue weighted by molar-refractivity contribution is 5.79. The fraction of sp³-hybridized carbons (Fsp3) is 0.250. The molecule has 0 aliphatic carbocycles. The molecule has 70 valence electrons. The summed E-state index contributed by atoms with van der Waals surface area (Å²) in [6, 6.07) is 4.35. The van der Waals surface area contributed by atoms with E-state index in [0.717, 1.165) is 0 Å². The van der Waals surface area contributed by atoms with Gasteiger partial charge in [-0.3, -0.25) is 4.79 Å². The van der Waals surface area contributed by atoms with Gasteiger partial charge in [-0.05, 0) is 12.1 Å². The van der Waals surface area contributed by atoms with Crippen LogP contribution < -0.4 is 10.6 Å². The average Bonchev–Trinajstić information content (AvgIpc) is 2.14. The lowest BCUT2D eigenvalue weighted by Gasteiger charge is -2.03. The molecule has 0 aliphatic rings. The van der Waals surface area contributed by atoms with E-state index >= 15 is 0 Å². The summed E-state index contributed by atoms with van der Waals surface area (Å²) >= 11 is 0. The summed E-state index contributed by atoms with van der Waals surface area (Å²) in [5.41, 5.74) is 0. The predicted octanol–water partition coefficient (Wildman–Crippen LogP) is 0.379. The van der Waals surface area contributed by atoms with Gasteiger partial charge in [0.2, 0.25) is 11.9 Å². The number of nitrogens with zero attached hydrogens (tertiary/aromatic N) is 1. The van der Waals surface area contributed by atoms with Crippen LogP contribution in [0.2, 0.25) is 0 Å². The second kappa shape index (κ2) is 4.39. The number of aromatic nitrogens is 1. The van der Waals surface area contributed by atoms with E-state index in [1.54, 1.807) is 6.07 Å². The third-order valence-electron chi connectivity index (χ3n) is 1.42. The van der Waals surface area contributed by atoms with Crippen LogP contribution in [-0.4, -0.2) is 24.5 Å². The number of halogens is 1. The van der Waals surface area contributed by atoms with Crippen LogP contribution in [0.5, 0.6) is 0 Å². The van der Waals surface area contributed by atoms with Crippen LogP contribution in [0.15, 0.2) is 18.2 Å². The van der Waals surface area contributed by atoms with Crippen molar-refractivity contribution in [2.24, 2.45) is 0 Å². The smallest absolute Gasteiger partial charge is 0.239 e. The van der Waals surface area contributed by atoms with Crippen molar-refractivity contribution in [1.82, 2.24) is 10.3 Å². The predicted molar refractivity (Wildman–Crippen MR) is 46.8 cm³/mol. The van der Waals surface area contributed by atoms with E-state index in [1.807, 2.05) is 0 Å². The Balaban J connectivity index is 2.50. The van der Waals surface area contributed by atoms with Gasteiger partial charge in [0.15, 0.2) is 0 Å². The summed E-state index contributed by atoms with van der Waals surface area (Å²) in [5.74, 6) is -0.392. The molecule has 2 N–H and O–H groups in total. The number of rotatable bonds is 3. The second-order valence-electron chi connectivity index (χ2n) is 2.37. The van der Waals surface area contributed by atoms with Gasteiger partial charge in [0, 0.05) is 7.05 Å². The Morgan fingerprint density at radius 2 is 2.38 bits per heavy atom. The number of pyridine rings is 1. The van der Waals surface area contributed by atoms with Crippen molar-refractivity contribution in [3.8, 4) is 0 Å². The molecular weight excluding hydrogens is 173 g/mol. The van der Waals surface area contributed by atoms with Crippen LogP contribution in [-0.2, 0) is 4.79 Å². The Bertz CT molecular complexity index is 303. The van der Waals surface area contributed by atoms with Crippen molar-refractivity contribution in [1.29, 1.82) is 0 Å². The zero-order chi connectivity index (χ0) is 9.68. The number of hydrogen-bond donors (Lipinski definition) is 2. The molecule has 0 fully saturated rings. The normalized spacial score (nSPS) is 9.38. The molecule has 0 spiro atoms. The van der Waals surface area contributed by atoms with E-state index in [-0.39, 0.29) is 12.5 Å². The number of carbonyl (C=O) groups is 1. The molecule has 0 bridgehead atoms. The molecule has 0 atom stereocenters. The van der Waals surface area contributed by atoms with Gasteiger partial charge in [0.05, 0.1) is 6.54 Å². The van der Waals surface area contributed by atoms with Gasteiger partial charge in [-0.2, -0.15) is 4.39 Å². The molecule has 0 aromatic carbocycles. The maximum Gasteiger partial charge on any atom is 0.239 e. The van der Waals surface area contributed by atoms with Gasteiger partial charge in [-0.1, -0.05) is 6.07 Å². The topological polar surface area (TPSA) is 54.0 Å². The molecular formula is C8H10FN3O. The Morgan fingerprint density at radius 1 is 1.62 bits per heavy atom. The Hall–Kier alpha value is -1.65. The fourth-order valence-electron chi connectivity index (χ4n) is 0.766. The molecule has 0 unspecified atom stereocenters. The number of carbonyl (C=O) groups excluding carboxylic acids is 1. The first kappa shape index (κ1) is 9.44. The molecule has 0 aliphatic heterocycles. The average molecular weight is 183 g/mol. The van der Waals surface area contributed by atoms with Crippen molar-refractivity contribution in [2.75, 3.05) is 18.9 Å². The second-order valence-corrected chi connectivity index (χ2v) is 2.37. The van der Waals surface area contributed by atoms with Crippen LogP contribution >= 0.6 is 0 Å². The molecule has 0 saturated heterocycles. The van der Waals surface area contributed by atoms with Gasteiger partial charge in [0.25, 0.3) is 0 Å². The van der Waals surface area contributed by atoms with E-state index < -0.39 is 5.95 Å². The number of amides is 1. The standard InChI is InChI=1S/C8H10FN3O/c1-10-8(13)5-11-7-4-2-3-6(9)12-7/h2-4H,5H2,1H3,(H,10,13)(H,11,12). The minimum atomic E-state index is -0.568. The van der Waals surface area contributed by atoms with Gasteiger partial charge in [-0.15, -0.1) is 0 Å². The van der Waals surface area contributed by atoms with Crippen molar-refractivity contribution < 1.29 is 9.18 Å². The number of likely N-dealkylation sites (N-methyl/N-ethyl adjacent to an activating group) is 1. The number of nitrogens with one attached hydrogen (secondary N) is 2. The lowest BCUT2D eigenvalue weighted by molar-refractivity contribution is -0.118. The van der Waals surface area contributed by atoms with E-state index in [2.05, 4.69) is 15.6 Å². The maximum absolute atomic E-state index is 12.5. The first-order valence-electron chi connectivity index (χ1n) is 3.79. The van der Waals surface area contributed by atoms with Crippen molar-refractivity contribution in [2.45, 2.75) is 0 Å². The largest absolute Gasteiger partial charge is 0.361 e. The zero-order valence-corrected chi connectivity index (χ0v) is 7.17. The molecule has 1 heterocycles. The van der Waals surface area contributed by atoms with E-state index in [0.29, 0.717) is 5.82 Å². The molecule has 5 heteroatoms. The van der Waals surface area contributed by atoms with Crippen molar-refractivity contribution >= 4 is 11.7 Å². The first-order chi connectivity index (χ1) is 6.22. The Morgan fingerprint density at radius 3 is 3.00 bits per heavy atom. The summed E-state index contributed by atoms with van der Waals surface area (Å²) in [7, 11) is 1.53. The molecule has 0 radical (unpaired) electrons. The van der Waals surface area contributed by atoms with Crippen LogP contribution in [0.3, 0.4) is 0 Å². The summed E-state index contributed by atoms with van der Waals surface area (Å²) in [5, 5.41) is 5.10. The quantitative estimate of drug-likeness (QED) is 0.666. The van der Waals surface area contributed by atoms with Crippen molar-refractivity contribution in [3.63, 3.8) is 0 Å². The molecule has 13 heavy (non-hydrogen) atoms. The van der Waals surface area contributed by atoms with Gasteiger partial charge < -0.3 is 10.6 Å². The highest BCUT2D eigenvalue weighted by atomic mass is 19.1. The van der Waals surface area contributed by atoms with Crippen LogP contribution in [0.1, 0.15) is 0 Å². The lowest BCUT2D eigenvalue weighted by Crippen LogP contribution is -2.26. The molecule has 4 nitrogen and oxygen atoms in total. The highest BCUT2D eigenvalue weighted by Crippen LogP contribution is 2.01. The van der Waals surface area contributed by atoms with Gasteiger partial charge >= 0.3 is 0 Å². The van der Waals surface area contributed by atoms with E-state index in [4.69, 9.17) is 0 Å². The summed E-state index contributed by atoms with van der Waals surface area (Å²) in [4.78, 5) is 14.3. The summed E-state index contributed by atoms with van der Waals surface area (Å²) < 4.78 is 12.5. The van der Waals surface area contributed by atoms with Crippen LogP contribution in [0.4, 0.5) is 10.2 Å². The number of anilines is 1. The summed E-state index contributed by atoms with van der Waals surface area (Å²) in [6.45, 7) is 0.0902. The van der Waals surface area contributed by atoms with Crippen LogP contribution in [0, 0.1) is 5.95 Å². The highest BCUT2D eigenvalue weighted by Gasteiger charge is 1.98. The SMILES string of the molecule is CNC(=O)CNc1cccc(F)n1. The molecule has 1 rings (SSSR count). The Labute approximate surface area is 75.2 Å². The minimum absolute atomic E-state index is 0.0902. The third kappa shape index (κ3) is 3.06. The maximum atomic E-state index is 12.5.